The van der Waals surface area contributed by atoms with Gasteiger partial charge in [-0.25, -0.2) is 9.97 Å². The van der Waals surface area contributed by atoms with Gasteiger partial charge in [-0.15, -0.1) is 11.3 Å². The molecule has 0 aliphatic heterocycles. The Labute approximate surface area is 127 Å². The normalized spacial score (nSPS) is 12.0. The lowest BCUT2D eigenvalue weighted by Gasteiger charge is -2.30. The van der Waals surface area contributed by atoms with E-state index in [-0.39, 0.29) is 4.75 Å². The van der Waals surface area contributed by atoms with Gasteiger partial charge in [-0.2, -0.15) is 11.8 Å². The Morgan fingerprint density at radius 1 is 1.37 bits per heavy atom. The summed E-state index contributed by atoms with van der Waals surface area (Å²) in [6.07, 6.45) is 4.42. The zero-order valence-corrected chi connectivity index (χ0v) is 13.8. The Hall–Kier alpha value is -0.520. The van der Waals surface area contributed by atoms with E-state index in [9.17, 15) is 0 Å². The van der Waals surface area contributed by atoms with Gasteiger partial charge < -0.3 is 5.32 Å². The average Bonchev–Trinajstić information content (AvgIpc) is 2.88. The molecule has 0 aliphatic carbocycles. The highest BCUT2D eigenvalue weighted by molar-refractivity contribution is 8.00. The molecule has 0 aliphatic rings. The molecule has 2 aromatic rings. The van der Waals surface area contributed by atoms with Gasteiger partial charge in [-0.05, 0) is 42.1 Å². The third-order valence-electron chi connectivity index (χ3n) is 3.60. The molecule has 19 heavy (non-hydrogen) atoms. The van der Waals surface area contributed by atoms with Gasteiger partial charge in [0.15, 0.2) is 0 Å². The summed E-state index contributed by atoms with van der Waals surface area (Å²) in [6, 6.07) is 2.04. The number of anilines is 1. The van der Waals surface area contributed by atoms with Crippen molar-refractivity contribution in [1.82, 2.24) is 9.97 Å². The van der Waals surface area contributed by atoms with E-state index >= 15 is 0 Å². The number of halogens is 1. The SMILES string of the molecule is CCC(CC)(CNc1nc(Cl)nc2sccc12)SC. The minimum atomic E-state index is 0.250. The zero-order valence-electron chi connectivity index (χ0n) is 11.4. The molecule has 0 radical (unpaired) electrons. The predicted molar refractivity (Wildman–Crippen MR) is 87.7 cm³/mol. The number of thiophene rings is 1. The summed E-state index contributed by atoms with van der Waals surface area (Å²) >= 11 is 9.47. The second-order valence-electron chi connectivity index (χ2n) is 4.43. The summed E-state index contributed by atoms with van der Waals surface area (Å²) in [5, 5.41) is 6.83. The van der Waals surface area contributed by atoms with E-state index in [0.29, 0.717) is 5.28 Å². The molecule has 2 rings (SSSR count). The number of rotatable bonds is 6. The largest absolute Gasteiger partial charge is 0.368 e. The predicted octanol–water partition coefficient (Wildman–Crippen LogP) is 4.68. The van der Waals surface area contributed by atoms with Gasteiger partial charge in [-0.3, -0.25) is 0 Å². The first-order valence-electron chi connectivity index (χ1n) is 6.34. The third-order valence-corrected chi connectivity index (χ3v) is 6.16. The fourth-order valence-corrected chi connectivity index (χ4v) is 3.85. The van der Waals surface area contributed by atoms with Gasteiger partial charge in [0.25, 0.3) is 0 Å². The molecule has 0 spiro atoms. The second kappa shape index (κ2) is 6.29. The third kappa shape index (κ3) is 3.15. The van der Waals surface area contributed by atoms with E-state index in [1.54, 1.807) is 11.3 Å². The highest BCUT2D eigenvalue weighted by Gasteiger charge is 2.25. The van der Waals surface area contributed by atoms with Crippen molar-refractivity contribution in [3.05, 3.63) is 16.7 Å². The van der Waals surface area contributed by atoms with Crippen molar-refractivity contribution in [2.45, 2.75) is 31.4 Å². The van der Waals surface area contributed by atoms with Gasteiger partial charge in [0, 0.05) is 11.3 Å². The van der Waals surface area contributed by atoms with Crippen molar-refractivity contribution in [2.24, 2.45) is 0 Å². The Bertz CT molecular complexity index is 544. The Kier molecular flexibility index (Phi) is 4.92. The molecule has 0 bridgehead atoms. The lowest BCUT2D eigenvalue weighted by atomic mass is 10.0. The number of hydrogen-bond acceptors (Lipinski definition) is 5. The number of aromatic nitrogens is 2. The quantitative estimate of drug-likeness (QED) is 0.785. The number of nitrogens with one attached hydrogen (secondary N) is 1. The lowest BCUT2D eigenvalue weighted by Crippen LogP contribution is -2.32. The minimum Gasteiger partial charge on any atom is -0.368 e. The van der Waals surface area contributed by atoms with E-state index in [4.69, 9.17) is 11.6 Å². The van der Waals surface area contributed by atoms with Crippen molar-refractivity contribution < 1.29 is 0 Å². The molecule has 104 valence electrons. The summed E-state index contributed by atoms with van der Waals surface area (Å²) < 4.78 is 0.250. The topological polar surface area (TPSA) is 37.8 Å². The van der Waals surface area contributed by atoms with Crippen LogP contribution in [0.2, 0.25) is 5.28 Å². The minimum absolute atomic E-state index is 0.250. The molecule has 0 saturated carbocycles. The summed E-state index contributed by atoms with van der Waals surface area (Å²) in [5.41, 5.74) is 0. The fourth-order valence-electron chi connectivity index (χ4n) is 2.07. The highest BCUT2D eigenvalue weighted by Crippen LogP contribution is 2.32. The van der Waals surface area contributed by atoms with Crippen LogP contribution in [0.3, 0.4) is 0 Å². The molecular weight excluding hydrogens is 298 g/mol. The van der Waals surface area contributed by atoms with Crippen molar-refractivity contribution in [3.63, 3.8) is 0 Å². The molecular formula is C13H18ClN3S2. The van der Waals surface area contributed by atoms with Gasteiger partial charge in [-0.1, -0.05) is 13.8 Å². The number of fused-ring (bicyclic) bond motifs is 1. The van der Waals surface area contributed by atoms with Crippen LogP contribution in [-0.4, -0.2) is 27.5 Å². The molecule has 0 atom stereocenters. The second-order valence-corrected chi connectivity index (χ2v) is 6.94. The Morgan fingerprint density at radius 2 is 2.11 bits per heavy atom. The Morgan fingerprint density at radius 3 is 2.74 bits per heavy atom. The van der Waals surface area contributed by atoms with Crippen LogP contribution in [0.4, 0.5) is 5.82 Å². The van der Waals surface area contributed by atoms with E-state index in [1.165, 1.54) is 0 Å². The van der Waals surface area contributed by atoms with E-state index in [1.807, 2.05) is 23.2 Å². The number of hydrogen-bond donors (Lipinski definition) is 1. The molecule has 0 amide bonds. The van der Waals surface area contributed by atoms with E-state index in [2.05, 4.69) is 35.4 Å². The molecule has 0 unspecified atom stereocenters. The van der Waals surface area contributed by atoms with Crippen LogP contribution in [0.1, 0.15) is 26.7 Å². The van der Waals surface area contributed by atoms with Crippen LogP contribution in [0.25, 0.3) is 10.2 Å². The molecule has 0 fully saturated rings. The van der Waals surface area contributed by atoms with Gasteiger partial charge in [0.2, 0.25) is 5.28 Å². The Balaban J connectivity index is 2.24. The molecule has 3 nitrogen and oxygen atoms in total. The average molecular weight is 316 g/mol. The van der Waals surface area contributed by atoms with Crippen LogP contribution in [-0.2, 0) is 0 Å². The lowest BCUT2D eigenvalue weighted by molar-refractivity contribution is 0.574. The van der Waals surface area contributed by atoms with Crippen molar-refractivity contribution >= 4 is 50.7 Å². The van der Waals surface area contributed by atoms with Gasteiger partial charge in [0.05, 0.1) is 5.39 Å². The molecule has 0 saturated heterocycles. The van der Waals surface area contributed by atoms with Gasteiger partial charge in [0.1, 0.15) is 10.6 Å². The molecule has 6 heteroatoms. The maximum absolute atomic E-state index is 5.97. The van der Waals surface area contributed by atoms with Crippen molar-refractivity contribution in [3.8, 4) is 0 Å². The van der Waals surface area contributed by atoms with Crippen LogP contribution < -0.4 is 5.32 Å². The zero-order chi connectivity index (χ0) is 13.9. The van der Waals surface area contributed by atoms with Crippen LogP contribution in [0.15, 0.2) is 11.4 Å². The summed E-state index contributed by atoms with van der Waals surface area (Å²) in [6.45, 7) is 5.35. The summed E-state index contributed by atoms with van der Waals surface area (Å²) in [5.74, 6) is 0.844. The molecule has 0 aromatic carbocycles. The molecule has 2 heterocycles. The number of nitrogens with zero attached hydrogens (tertiary/aromatic N) is 2. The molecule has 1 N–H and O–H groups in total. The first-order chi connectivity index (χ1) is 9.14. The van der Waals surface area contributed by atoms with Crippen LogP contribution >= 0.6 is 34.7 Å². The summed E-state index contributed by atoms with van der Waals surface area (Å²) in [7, 11) is 0. The maximum Gasteiger partial charge on any atom is 0.225 e. The van der Waals surface area contributed by atoms with Crippen LogP contribution in [0, 0.1) is 0 Å². The van der Waals surface area contributed by atoms with E-state index < -0.39 is 0 Å². The first-order valence-corrected chi connectivity index (χ1v) is 8.82. The van der Waals surface area contributed by atoms with Crippen molar-refractivity contribution in [2.75, 3.05) is 18.1 Å². The van der Waals surface area contributed by atoms with E-state index in [0.717, 1.165) is 35.4 Å². The number of thioether (sulfide) groups is 1. The fraction of sp³-hybridized carbons (Fsp3) is 0.538. The summed E-state index contributed by atoms with van der Waals surface area (Å²) in [4.78, 5) is 9.48. The van der Waals surface area contributed by atoms with Crippen LogP contribution in [0.5, 0.6) is 0 Å². The smallest absolute Gasteiger partial charge is 0.225 e. The van der Waals surface area contributed by atoms with Gasteiger partial charge >= 0.3 is 0 Å². The standard InChI is InChI=1S/C13H18ClN3S2/c1-4-13(5-2,18-3)8-15-10-9-6-7-19-11(9)17-12(14)16-10/h6-7H,4-5,8H2,1-3H3,(H,15,16,17). The van der Waals surface area contributed by atoms with Crippen molar-refractivity contribution in [1.29, 1.82) is 0 Å². The molecule has 2 aromatic heterocycles. The monoisotopic (exact) mass is 315 g/mol. The first kappa shape index (κ1) is 14.9. The highest BCUT2D eigenvalue weighted by atomic mass is 35.5. The maximum atomic E-state index is 5.97.